The van der Waals surface area contributed by atoms with Crippen molar-refractivity contribution in [3.8, 4) is 17.2 Å². The van der Waals surface area contributed by atoms with Crippen molar-refractivity contribution >= 4 is 35.7 Å². The third-order valence-electron chi connectivity index (χ3n) is 7.51. The summed E-state index contributed by atoms with van der Waals surface area (Å²) in [6, 6.07) is 8.78. The summed E-state index contributed by atoms with van der Waals surface area (Å²) in [5.74, 6) is -3.26. The Morgan fingerprint density at radius 1 is 0.630 bits per heavy atom. The van der Waals surface area contributed by atoms with E-state index in [1.54, 1.807) is 13.0 Å². The highest BCUT2D eigenvalue weighted by atomic mass is 16.6. The van der Waals surface area contributed by atoms with Crippen LogP contribution in [0.3, 0.4) is 0 Å². The Morgan fingerprint density at radius 3 is 1.43 bits per heavy atom. The average molecular weight is 645 g/mol. The number of ketones is 2. The average Bonchev–Trinajstić information content (AvgIpc) is 3.07. The van der Waals surface area contributed by atoms with Gasteiger partial charge in [0.05, 0.1) is 46.8 Å². The Balaban J connectivity index is 2.24. The lowest BCUT2D eigenvalue weighted by Crippen LogP contribution is -2.44. The largest absolute Gasteiger partial charge is 0.493 e. The first-order valence-electron chi connectivity index (χ1n) is 14.1. The fraction of sp³-hybridized carbons (Fsp3) is 0.394. The number of hydrogen-bond acceptors (Lipinski definition) is 13. The molecule has 0 heterocycles. The Kier molecular flexibility index (Phi) is 13.5. The Morgan fingerprint density at radius 2 is 1.04 bits per heavy atom. The quantitative estimate of drug-likeness (QED) is 0.0604. The van der Waals surface area contributed by atoms with E-state index in [1.807, 2.05) is 0 Å². The van der Waals surface area contributed by atoms with E-state index in [0.29, 0.717) is 16.7 Å². The number of carbonyl (C=O) groups excluding carboxylic acids is 4. The third-order valence-corrected chi connectivity index (χ3v) is 7.51. The van der Waals surface area contributed by atoms with Gasteiger partial charge in [0, 0.05) is 0 Å². The van der Waals surface area contributed by atoms with Crippen LogP contribution in [0.2, 0.25) is 0 Å². The minimum atomic E-state index is -2.20. The first-order chi connectivity index (χ1) is 21.7. The maximum atomic E-state index is 13.1. The van der Waals surface area contributed by atoms with E-state index in [-0.39, 0.29) is 17.2 Å². The molecular weight excluding hydrogens is 604 g/mol. The summed E-state index contributed by atoms with van der Waals surface area (Å²) in [5.41, 5.74) is -3.91. The van der Waals surface area contributed by atoms with Crippen LogP contribution in [0.15, 0.2) is 48.6 Å². The Labute approximate surface area is 266 Å². The number of allylic oxidation sites excluding steroid dienone is 2. The van der Waals surface area contributed by atoms with Crippen molar-refractivity contribution in [2.45, 2.75) is 20.8 Å². The number of aliphatic hydroxyl groups excluding tert-OH is 6. The number of methoxy groups -OCH3 is 1. The van der Waals surface area contributed by atoms with Crippen LogP contribution >= 0.6 is 0 Å². The Bertz CT molecular complexity index is 1460. The molecule has 0 bridgehead atoms. The number of carbonyl (C=O) groups is 4. The summed E-state index contributed by atoms with van der Waals surface area (Å²) >= 11 is 0. The molecule has 0 amide bonds. The molecule has 0 unspecified atom stereocenters. The van der Waals surface area contributed by atoms with Gasteiger partial charge in [0.2, 0.25) is 0 Å². The molecule has 13 heteroatoms. The summed E-state index contributed by atoms with van der Waals surface area (Å²) in [4.78, 5) is 51.0. The molecule has 13 nitrogen and oxygen atoms in total. The van der Waals surface area contributed by atoms with Crippen molar-refractivity contribution < 1.29 is 64.0 Å². The molecule has 0 radical (unpaired) electrons. The van der Waals surface area contributed by atoms with Gasteiger partial charge in [-0.25, -0.2) is 0 Å². The molecule has 0 saturated heterocycles. The summed E-state index contributed by atoms with van der Waals surface area (Å²) in [6.45, 7) is -0.239. The zero-order chi connectivity index (χ0) is 34.7. The van der Waals surface area contributed by atoms with Crippen LogP contribution in [0.5, 0.6) is 17.2 Å². The van der Waals surface area contributed by atoms with Crippen molar-refractivity contribution in [1.82, 2.24) is 0 Å². The van der Waals surface area contributed by atoms with Crippen molar-refractivity contribution in [2.24, 2.45) is 16.2 Å². The first-order valence-corrected chi connectivity index (χ1v) is 14.1. The molecule has 0 spiro atoms. The maximum Gasteiger partial charge on any atom is 0.322 e. The fourth-order valence-corrected chi connectivity index (χ4v) is 3.71. The monoisotopic (exact) mass is 644 g/mol. The lowest BCUT2D eigenvalue weighted by molar-refractivity contribution is -0.151. The van der Waals surface area contributed by atoms with E-state index in [1.165, 1.54) is 63.4 Å². The molecule has 0 aliphatic heterocycles. The fourth-order valence-electron chi connectivity index (χ4n) is 3.71. The molecule has 250 valence electrons. The van der Waals surface area contributed by atoms with Gasteiger partial charge in [0.25, 0.3) is 0 Å². The van der Waals surface area contributed by atoms with Gasteiger partial charge in [-0.1, -0.05) is 24.3 Å². The standard InChI is InChI=1S/C33H40O13/c1-21-13-22(5-9-24(21)45-29(42)31(2,15-34)16-35)7-11-27(40)33(19-38,20-39)28(41)12-8-23-6-10-25(26(14-23)44-4)46-30(43)32(3,17-36)18-37/h5-14,34-39H,15-20H2,1-4H3/b11-7+,12-8+. The van der Waals surface area contributed by atoms with Crippen LogP contribution in [0.4, 0.5) is 0 Å². The number of aryl methyl sites for hydroxylation is 1. The normalized spacial score (nSPS) is 12.4. The molecule has 0 aliphatic rings. The van der Waals surface area contributed by atoms with Gasteiger partial charge in [-0.05, 0) is 73.9 Å². The maximum absolute atomic E-state index is 13.1. The van der Waals surface area contributed by atoms with E-state index < -0.39 is 79.4 Å². The van der Waals surface area contributed by atoms with Crippen LogP contribution in [0.25, 0.3) is 12.2 Å². The topological polar surface area (TPSA) is 217 Å². The second-order valence-electron chi connectivity index (χ2n) is 11.3. The second kappa shape index (κ2) is 16.4. The SMILES string of the molecule is COc1cc(/C=C/C(=O)C(CO)(CO)C(=O)/C=C/c2ccc(OC(=O)C(C)(CO)CO)c(C)c2)ccc1OC(=O)C(C)(CO)CO. The summed E-state index contributed by atoms with van der Waals surface area (Å²) in [7, 11) is 1.31. The molecular formula is C33H40O13. The molecule has 6 N–H and O–H groups in total. The highest BCUT2D eigenvalue weighted by Gasteiger charge is 2.42. The molecule has 46 heavy (non-hydrogen) atoms. The minimum absolute atomic E-state index is 0.0142. The van der Waals surface area contributed by atoms with Crippen LogP contribution in [0, 0.1) is 23.2 Å². The summed E-state index contributed by atoms with van der Waals surface area (Å²) in [5, 5.41) is 57.7. The Hall–Kier alpha value is -4.24. The van der Waals surface area contributed by atoms with Crippen LogP contribution in [-0.4, -0.2) is 101 Å². The predicted molar refractivity (Wildman–Crippen MR) is 165 cm³/mol. The minimum Gasteiger partial charge on any atom is -0.493 e. The number of esters is 2. The highest BCUT2D eigenvalue weighted by molar-refractivity contribution is 6.17. The number of rotatable bonds is 17. The van der Waals surface area contributed by atoms with Gasteiger partial charge in [-0.3, -0.25) is 19.2 Å². The number of benzene rings is 2. The van der Waals surface area contributed by atoms with E-state index >= 15 is 0 Å². The first kappa shape index (κ1) is 37.9. The van der Waals surface area contributed by atoms with Gasteiger partial charge < -0.3 is 44.8 Å². The molecule has 0 fully saturated rings. The van der Waals surface area contributed by atoms with Gasteiger partial charge in [-0.2, -0.15) is 0 Å². The second-order valence-corrected chi connectivity index (χ2v) is 11.3. The van der Waals surface area contributed by atoms with Gasteiger partial charge in [-0.15, -0.1) is 0 Å². The molecule has 0 atom stereocenters. The smallest absolute Gasteiger partial charge is 0.322 e. The lowest BCUT2D eigenvalue weighted by Gasteiger charge is -2.24. The van der Waals surface area contributed by atoms with Crippen LogP contribution in [0.1, 0.15) is 30.5 Å². The molecule has 2 aromatic carbocycles. The zero-order valence-corrected chi connectivity index (χ0v) is 26.1. The van der Waals surface area contributed by atoms with Crippen molar-refractivity contribution in [3.63, 3.8) is 0 Å². The predicted octanol–water partition coefficient (Wildman–Crippen LogP) is 0.632. The van der Waals surface area contributed by atoms with Crippen molar-refractivity contribution in [2.75, 3.05) is 46.8 Å². The lowest BCUT2D eigenvalue weighted by atomic mass is 9.80. The van der Waals surface area contributed by atoms with E-state index in [9.17, 15) is 49.8 Å². The van der Waals surface area contributed by atoms with E-state index in [4.69, 9.17) is 14.2 Å². The number of aliphatic hydroxyl groups is 6. The molecule has 2 rings (SSSR count). The highest BCUT2D eigenvalue weighted by Crippen LogP contribution is 2.31. The summed E-state index contributed by atoms with van der Waals surface area (Å²) < 4.78 is 15.8. The van der Waals surface area contributed by atoms with Crippen LogP contribution < -0.4 is 14.2 Å². The molecule has 0 saturated carbocycles. The molecule has 0 aromatic heterocycles. The molecule has 2 aromatic rings. The van der Waals surface area contributed by atoms with Crippen molar-refractivity contribution in [1.29, 1.82) is 0 Å². The third kappa shape index (κ3) is 8.51. The van der Waals surface area contributed by atoms with E-state index in [0.717, 1.165) is 12.2 Å². The number of hydrogen-bond donors (Lipinski definition) is 6. The van der Waals surface area contributed by atoms with Crippen molar-refractivity contribution in [3.05, 3.63) is 65.2 Å². The van der Waals surface area contributed by atoms with Gasteiger partial charge in [0.1, 0.15) is 22.0 Å². The van der Waals surface area contributed by atoms with Crippen LogP contribution in [-0.2, 0) is 19.2 Å². The molecule has 0 aliphatic carbocycles. The van der Waals surface area contributed by atoms with Gasteiger partial charge >= 0.3 is 11.9 Å². The van der Waals surface area contributed by atoms with Gasteiger partial charge in [0.15, 0.2) is 23.1 Å². The van der Waals surface area contributed by atoms with E-state index in [2.05, 4.69) is 0 Å². The summed E-state index contributed by atoms with van der Waals surface area (Å²) in [6.07, 6.45) is 4.70. The zero-order valence-electron chi connectivity index (χ0n) is 26.1. The number of ether oxygens (including phenoxy) is 3.